The molecule has 16 heavy (non-hydrogen) atoms. The molecule has 0 aliphatic carbocycles. The third-order valence-corrected chi connectivity index (χ3v) is 2.40. The largest absolute Gasteiger partial charge is 0.406 e. The predicted octanol–water partition coefficient (Wildman–Crippen LogP) is 2.70. The van der Waals surface area contributed by atoms with E-state index in [4.69, 9.17) is 5.11 Å². The summed E-state index contributed by atoms with van der Waals surface area (Å²) in [6.07, 6.45) is -4.29. The fourth-order valence-electron chi connectivity index (χ4n) is 1.76. The summed E-state index contributed by atoms with van der Waals surface area (Å²) in [5.74, 6) is 0. The second-order valence-electron chi connectivity index (χ2n) is 3.55. The molecule has 2 nitrogen and oxygen atoms in total. The number of rotatable bonds is 2. The minimum atomic E-state index is -4.29. The van der Waals surface area contributed by atoms with Gasteiger partial charge in [-0.05, 0) is 17.5 Å². The lowest BCUT2D eigenvalue weighted by molar-refractivity contribution is -0.140. The first kappa shape index (κ1) is 11.0. The van der Waals surface area contributed by atoms with Gasteiger partial charge in [-0.2, -0.15) is 13.2 Å². The first-order valence-electron chi connectivity index (χ1n) is 4.76. The van der Waals surface area contributed by atoms with Gasteiger partial charge < -0.3 is 9.67 Å². The summed E-state index contributed by atoms with van der Waals surface area (Å²) in [5.41, 5.74) is 0.766. The zero-order valence-corrected chi connectivity index (χ0v) is 8.33. The van der Waals surface area contributed by atoms with Crippen LogP contribution in [0.15, 0.2) is 30.3 Å². The molecular formula is C11H10F3NO. The van der Waals surface area contributed by atoms with Crippen LogP contribution >= 0.6 is 0 Å². The number of hydrogen-bond donors (Lipinski definition) is 1. The van der Waals surface area contributed by atoms with Crippen LogP contribution in [0.1, 0.15) is 5.69 Å². The Labute approximate surface area is 89.9 Å². The second kappa shape index (κ2) is 3.83. The van der Waals surface area contributed by atoms with Crippen molar-refractivity contribution in [2.75, 3.05) is 0 Å². The Morgan fingerprint density at radius 2 is 1.88 bits per heavy atom. The molecular weight excluding hydrogens is 219 g/mol. The van der Waals surface area contributed by atoms with E-state index in [1.807, 2.05) is 0 Å². The Balaban J connectivity index is 2.56. The molecule has 5 heteroatoms. The lowest BCUT2D eigenvalue weighted by atomic mass is 10.2. The third-order valence-electron chi connectivity index (χ3n) is 2.40. The Bertz CT molecular complexity index is 501. The summed E-state index contributed by atoms with van der Waals surface area (Å²) in [6, 6.07) is 8.33. The van der Waals surface area contributed by atoms with Gasteiger partial charge >= 0.3 is 6.18 Å². The van der Waals surface area contributed by atoms with Crippen molar-refractivity contribution in [3.8, 4) is 0 Å². The van der Waals surface area contributed by atoms with Gasteiger partial charge in [-0.3, -0.25) is 0 Å². The standard InChI is InChI=1S/C11H10F3NO/c12-11(13,14)7-15-9(6-16)5-8-3-1-2-4-10(8)15/h1-5,16H,6-7H2. The fraction of sp³-hybridized carbons (Fsp3) is 0.273. The van der Waals surface area contributed by atoms with E-state index < -0.39 is 19.3 Å². The number of benzene rings is 1. The molecule has 0 unspecified atom stereocenters. The normalized spacial score (nSPS) is 12.2. The van der Waals surface area contributed by atoms with Gasteiger partial charge in [0.25, 0.3) is 0 Å². The zero-order valence-electron chi connectivity index (χ0n) is 8.33. The van der Waals surface area contributed by atoms with E-state index in [0.717, 1.165) is 4.57 Å². The van der Waals surface area contributed by atoms with Crippen LogP contribution in [0.4, 0.5) is 13.2 Å². The Hall–Kier alpha value is -1.49. The molecule has 1 N–H and O–H groups in total. The Morgan fingerprint density at radius 1 is 1.19 bits per heavy atom. The maximum atomic E-state index is 12.4. The van der Waals surface area contributed by atoms with Crippen LogP contribution < -0.4 is 0 Å². The summed E-state index contributed by atoms with van der Waals surface area (Å²) < 4.78 is 38.2. The predicted molar refractivity (Wildman–Crippen MR) is 53.9 cm³/mol. The molecule has 0 saturated heterocycles. The minimum absolute atomic E-state index is 0.276. The van der Waals surface area contributed by atoms with Gasteiger partial charge in [0.15, 0.2) is 0 Å². The molecule has 0 aliphatic heterocycles. The van der Waals surface area contributed by atoms with Crippen LogP contribution in [0.5, 0.6) is 0 Å². The van der Waals surface area contributed by atoms with Crippen molar-refractivity contribution in [3.05, 3.63) is 36.0 Å². The van der Waals surface area contributed by atoms with Crippen molar-refractivity contribution in [1.82, 2.24) is 4.57 Å². The fourth-order valence-corrected chi connectivity index (χ4v) is 1.76. The van der Waals surface area contributed by atoms with Crippen molar-refractivity contribution in [2.45, 2.75) is 19.3 Å². The van der Waals surface area contributed by atoms with Crippen molar-refractivity contribution >= 4 is 10.9 Å². The van der Waals surface area contributed by atoms with Crippen LogP contribution in [0.2, 0.25) is 0 Å². The van der Waals surface area contributed by atoms with Gasteiger partial charge in [0.2, 0.25) is 0 Å². The quantitative estimate of drug-likeness (QED) is 0.841. The number of hydrogen-bond acceptors (Lipinski definition) is 1. The molecule has 86 valence electrons. The molecule has 0 spiro atoms. The maximum absolute atomic E-state index is 12.4. The highest BCUT2D eigenvalue weighted by Crippen LogP contribution is 2.25. The smallest absolute Gasteiger partial charge is 0.390 e. The number of nitrogens with zero attached hydrogens (tertiary/aromatic N) is 1. The van der Waals surface area contributed by atoms with Crippen molar-refractivity contribution < 1.29 is 18.3 Å². The lowest BCUT2D eigenvalue weighted by Crippen LogP contribution is -2.19. The van der Waals surface area contributed by atoms with Crippen LogP contribution in [-0.4, -0.2) is 15.8 Å². The molecule has 0 bridgehead atoms. The second-order valence-corrected chi connectivity index (χ2v) is 3.55. The van der Waals surface area contributed by atoms with Crippen LogP contribution in [0, 0.1) is 0 Å². The number of fused-ring (bicyclic) bond motifs is 1. The van der Waals surface area contributed by atoms with Crippen molar-refractivity contribution in [1.29, 1.82) is 0 Å². The number of aliphatic hydroxyl groups excluding tert-OH is 1. The van der Waals surface area contributed by atoms with E-state index in [-0.39, 0.29) is 5.69 Å². The molecule has 0 atom stereocenters. The van der Waals surface area contributed by atoms with Gasteiger partial charge in [-0.1, -0.05) is 18.2 Å². The van der Waals surface area contributed by atoms with Crippen LogP contribution in [0.3, 0.4) is 0 Å². The number of aliphatic hydroxyl groups is 1. The summed E-state index contributed by atoms with van der Waals surface area (Å²) in [6.45, 7) is -1.47. The molecule has 2 rings (SSSR count). The minimum Gasteiger partial charge on any atom is -0.390 e. The molecule has 2 aromatic rings. The van der Waals surface area contributed by atoms with Crippen LogP contribution in [-0.2, 0) is 13.2 Å². The summed E-state index contributed by atoms with van der Waals surface area (Å²) in [5, 5.41) is 9.73. The van der Waals surface area contributed by atoms with Crippen molar-refractivity contribution in [3.63, 3.8) is 0 Å². The summed E-state index contributed by atoms with van der Waals surface area (Å²) in [7, 11) is 0. The molecule has 1 aromatic carbocycles. The van der Waals surface area contributed by atoms with E-state index in [0.29, 0.717) is 10.9 Å². The van der Waals surface area contributed by atoms with Gasteiger partial charge in [-0.25, -0.2) is 0 Å². The number of alkyl halides is 3. The molecule has 0 saturated carbocycles. The average Bonchev–Trinajstić information content (AvgIpc) is 2.55. The molecule has 0 amide bonds. The van der Waals surface area contributed by atoms with E-state index in [1.165, 1.54) is 0 Å². The van der Waals surface area contributed by atoms with E-state index in [1.54, 1.807) is 30.3 Å². The topological polar surface area (TPSA) is 25.2 Å². The number of para-hydroxylation sites is 1. The highest BCUT2D eigenvalue weighted by Gasteiger charge is 2.29. The van der Waals surface area contributed by atoms with Gasteiger partial charge in [0.1, 0.15) is 6.54 Å². The van der Waals surface area contributed by atoms with Crippen LogP contribution in [0.25, 0.3) is 10.9 Å². The van der Waals surface area contributed by atoms with Gasteiger partial charge in [0.05, 0.1) is 6.61 Å². The van der Waals surface area contributed by atoms with Gasteiger partial charge in [0, 0.05) is 11.2 Å². The first-order valence-corrected chi connectivity index (χ1v) is 4.76. The number of aromatic nitrogens is 1. The van der Waals surface area contributed by atoms with E-state index in [2.05, 4.69) is 0 Å². The molecule has 0 fully saturated rings. The summed E-state index contributed by atoms with van der Waals surface area (Å²) >= 11 is 0. The highest BCUT2D eigenvalue weighted by atomic mass is 19.4. The van der Waals surface area contributed by atoms with E-state index >= 15 is 0 Å². The molecule has 0 radical (unpaired) electrons. The monoisotopic (exact) mass is 229 g/mol. The Kier molecular flexibility index (Phi) is 2.63. The summed E-state index contributed by atoms with van der Waals surface area (Å²) in [4.78, 5) is 0. The SMILES string of the molecule is OCc1cc2ccccc2n1CC(F)(F)F. The average molecular weight is 229 g/mol. The third kappa shape index (κ3) is 2.04. The number of halogens is 3. The highest BCUT2D eigenvalue weighted by molar-refractivity contribution is 5.81. The zero-order chi connectivity index (χ0) is 11.8. The first-order chi connectivity index (χ1) is 7.51. The van der Waals surface area contributed by atoms with E-state index in [9.17, 15) is 13.2 Å². The van der Waals surface area contributed by atoms with Crippen molar-refractivity contribution in [2.24, 2.45) is 0 Å². The molecule has 0 aliphatic rings. The maximum Gasteiger partial charge on any atom is 0.406 e. The molecule has 1 heterocycles. The molecule has 1 aromatic heterocycles. The lowest BCUT2D eigenvalue weighted by Gasteiger charge is -2.11. The van der Waals surface area contributed by atoms with Gasteiger partial charge in [-0.15, -0.1) is 0 Å². The Morgan fingerprint density at radius 3 is 2.50 bits per heavy atom.